The molecule has 18 heavy (non-hydrogen) atoms. The van der Waals surface area contributed by atoms with E-state index in [0.29, 0.717) is 0 Å². The number of hydrogen-bond donors (Lipinski definition) is 2. The molecule has 1 amide bonds. The van der Waals surface area contributed by atoms with Crippen LogP contribution in [0.25, 0.3) is 0 Å². The number of anilines is 1. The Hall–Kier alpha value is -1.95. The maximum atomic E-state index is 11.7. The summed E-state index contributed by atoms with van der Waals surface area (Å²) in [5.74, 6) is 2.54. The van der Waals surface area contributed by atoms with Crippen LogP contribution in [0.5, 0.6) is 0 Å². The lowest BCUT2D eigenvalue weighted by Crippen LogP contribution is -2.45. The third-order valence-corrected chi connectivity index (χ3v) is 2.84. The minimum absolute atomic E-state index is 0.0204. The van der Waals surface area contributed by atoms with Gasteiger partial charge in [0.2, 0.25) is 5.91 Å². The molecule has 0 aromatic heterocycles. The molecule has 1 rings (SSSR count). The van der Waals surface area contributed by atoms with Crippen LogP contribution in [-0.2, 0) is 4.79 Å². The number of terminal acetylenes is 1. The quantitative estimate of drug-likeness (QED) is 0.781. The molecule has 0 spiro atoms. The molecule has 3 heteroatoms. The summed E-state index contributed by atoms with van der Waals surface area (Å²) in [5, 5.41) is 6.02. The fourth-order valence-corrected chi connectivity index (χ4v) is 1.41. The second-order valence-corrected chi connectivity index (χ2v) is 4.86. The topological polar surface area (TPSA) is 41.1 Å². The number of hydrogen-bond acceptors (Lipinski definition) is 2. The number of nitrogens with one attached hydrogen (secondary N) is 2. The lowest BCUT2D eigenvalue weighted by Gasteiger charge is -2.24. The van der Waals surface area contributed by atoms with Crippen molar-refractivity contribution in [2.75, 3.05) is 11.9 Å². The highest BCUT2D eigenvalue weighted by Gasteiger charge is 2.17. The third kappa shape index (κ3) is 4.50. The van der Waals surface area contributed by atoms with Crippen LogP contribution in [0, 0.1) is 12.3 Å². The molecule has 0 bridgehead atoms. The Labute approximate surface area is 109 Å². The van der Waals surface area contributed by atoms with Gasteiger partial charge in [-0.15, -0.1) is 6.42 Å². The highest BCUT2D eigenvalue weighted by atomic mass is 16.2. The van der Waals surface area contributed by atoms with E-state index in [4.69, 9.17) is 6.42 Å². The summed E-state index contributed by atoms with van der Waals surface area (Å²) in [5.41, 5.74) is 1.49. The van der Waals surface area contributed by atoms with E-state index >= 15 is 0 Å². The van der Waals surface area contributed by atoms with Gasteiger partial charge in [0.25, 0.3) is 0 Å². The number of benzene rings is 1. The van der Waals surface area contributed by atoms with E-state index in [1.54, 1.807) is 0 Å². The van der Waals surface area contributed by atoms with Gasteiger partial charge in [0.05, 0.1) is 6.54 Å². The van der Waals surface area contributed by atoms with Crippen LogP contribution >= 0.6 is 0 Å². The van der Waals surface area contributed by atoms with Gasteiger partial charge in [-0.25, -0.2) is 0 Å². The van der Waals surface area contributed by atoms with Crippen LogP contribution in [0.1, 0.15) is 32.8 Å². The van der Waals surface area contributed by atoms with Crippen molar-refractivity contribution in [2.45, 2.75) is 32.7 Å². The molecule has 0 heterocycles. The second-order valence-electron chi connectivity index (χ2n) is 4.86. The van der Waals surface area contributed by atoms with Crippen LogP contribution in [0.4, 0.5) is 5.69 Å². The summed E-state index contributed by atoms with van der Waals surface area (Å²) in [4.78, 5) is 11.7. The monoisotopic (exact) mass is 244 g/mol. The van der Waals surface area contributed by atoms with Crippen molar-refractivity contribution in [3.8, 4) is 12.3 Å². The SMILES string of the molecule is C#Cc1cccc(NCC(=O)NC(C)(C)CC)c1. The third-order valence-electron chi connectivity index (χ3n) is 2.84. The molecule has 96 valence electrons. The Balaban J connectivity index is 2.50. The number of carbonyl (C=O) groups excluding carboxylic acids is 1. The van der Waals surface area contributed by atoms with Gasteiger partial charge in [-0.3, -0.25) is 4.79 Å². The highest BCUT2D eigenvalue weighted by Crippen LogP contribution is 2.10. The van der Waals surface area contributed by atoms with Crippen LogP contribution in [0.2, 0.25) is 0 Å². The van der Waals surface area contributed by atoms with E-state index in [2.05, 4.69) is 16.6 Å². The van der Waals surface area contributed by atoms with Gasteiger partial charge < -0.3 is 10.6 Å². The first kappa shape index (κ1) is 14.1. The summed E-state index contributed by atoms with van der Waals surface area (Å²) >= 11 is 0. The van der Waals surface area contributed by atoms with Crippen molar-refractivity contribution in [2.24, 2.45) is 0 Å². The summed E-state index contributed by atoms with van der Waals surface area (Å²) in [6.45, 7) is 6.30. The summed E-state index contributed by atoms with van der Waals surface area (Å²) in [7, 11) is 0. The van der Waals surface area contributed by atoms with Crippen molar-refractivity contribution >= 4 is 11.6 Å². The number of amides is 1. The maximum absolute atomic E-state index is 11.7. The predicted molar refractivity (Wildman–Crippen MR) is 75.4 cm³/mol. The van der Waals surface area contributed by atoms with Crippen molar-refractivity contribution in [3.63, 3.8) is 0 Å². The molecule has 0 saturated carbocycles. The van der Waals surface area contributed by atoms with E-state index in [9.17, 15) is 4.79 Å². The minimum atomic E-state index is -0.167. The average molecular weight is 244 g/mol. The molecule has 1 aromatic rings. The molecule has 0 unspecified atom stereocenters. The van der Waals surface area contributed by atoms with Crippen molar-refractivity contribution in [3.05, 3.63) is 29.8 Å². The Morgan fingerprint density at radius 2 is 2.17 bits per heavy atom. The van der Waals surface area contributed by atoms with Crippen LogP contribution in [-0.4, -0.2) is 18.0 Å². The van der Waals surface area contributed by atoms with Crippen molar-refractivity contribution < 1.29 is 4.79 Å². The number of carbonyl (C=O) groups is 1. The van der Waals surface area contributed by atoms with Crippen LogP contribution in [0.15, 0.2) is 24.3 Å². The zero-order chi connectivity index (χ0) is 13.6. The van der Waals surface area contributed by atoms with E-state index < -0.39 is 0 Å². The van der Waals surface area contributed by atoms with Crippen LogP contribution in [0.3, 0.4) is 0 Å². The molecule has 0 saturated heterocycles. The normalized spacial score (nSPS) is 10.6. The molecule has 0 fully saturated rings. The van der Waals surface area contributed by atoms with Gasteiger partial charge in [-0.2, -0.15) is 0 Å². The smallest absolute Gasteiger partial charge is 0.239 e. The molecule has 0 aliphatic carbocycles. The Morgan fingerprint density at radius 1 is 1.44 bits per heavy atom. The zero-order valence-electron chi connectivity index (χ0n) is 11.2. The second kappa shape index (κ2) is 6.11. The maximum Gasteiger partial charge on any atom is 0.239 e. The van der Waals surface area contributed by atoms with Gasteiger partial charge in [0.15, 0.2) is 0 Å². The fourth-order valence-electron chi connectivity index (χ4n) is 1.41. The molecular formula is C15H20N2O. The molecule has 3 nitrogen and oxygen atoms in total. The first-order valence-electron chi connectivity index (χ1n) is 6.08. The highest BCUT2D eigenvalue weighted by molar-refractivity contribution is 5.81. The predicted octanol–water partition coefficient (Wildman–Crippen LogP) is 2.38. The number of rotatable bonds is 5. The van der Waals surface area contributed by atoms with E-state index in [1.807, 2.05) is 45.0 Å². The molecule has 0 radical (unpaired) electrons. The van der Waals surface area contributed by atoms with E-state index in [1.165, 1.54) is 0 Å². The van der Waals surface area contributed by atoms with Crippen molar-refractivity contribution in [1.29, 1.82) is 0 Å². The molecular weight excluding hydrogens is 224 g/mol. The molecule has 0 atom stereocenters. The van der Waals surface area contributed by atoms with E-state index in [-0.39, 0.29) is 18.0 Å². The largest absolute Gasteiger partial charge is 0.376 e. The molecule has 1 aromatic carbocycles. The summed E-state index contributed by atoms with van der Waals surface area (Å²) in [6, 6.07) is 7.45. The molecule has 0 aliphatic heterocycles. The van der Waals surface area contributed by atoms with Gasteiger partial charge in [-0.05, 0) is 38.5 Å². The summed E-state index contributed by atoms with van der Waals surface area (Å²) in [6.07, 6.45) is 6.21. The fraction of sp³-hybridized carbons (Fsp3) is 0.400. The van der Waals surface area contributed by atoms with Crippen LogP contribution < -0.4 is 10.6 Å². The average Bonchev–Trinajstić information content (AvgIpc) is 2.36. The Morgan fingerprint density at radius 3 is 2.78 bits per heavy atom. The van der Waals surface area contributed by atoms with Gasteiger partial charge >= 0.3 is 0 Å². The standard InChI is InChI=1S/C15H20N2O/c1-5-12-8-7-9-13(10-12)16-11-14(18)17-15(3,4)6-2/h1,7-10,16H,6,11H2,2-4H3,(H,17,18). The lowest BCUT2D eigenvalue weighted by molar-refractivity contribution is -0.121. The summed E-state index contributed by atoms with van der Waals surface area (Å²) < 4.78 is 0. The van der Waals surface area contributed by atoms with Crippen molar-refractivity contribution in [1.82, 2.24) is 5.32 Å². The van der Waals surface area contributed by atoms with Gasteiger partial charge in [0.1, 0.15) is 0 Å². The Bertz CT molecular complexity index is 458. The minimum Gasteiger partial charge on any atom is -0.376 e. The van der Waals surface area contributed by atoms with Gasteiger partial charge in [-0.1, -0.05) is 18.9 Å². The van der Waals surface area contributed by atoms with E-state index in [0.717, 1.165) is 17.7 Å². The zero-order valence-corrected chi connectivity index (χ0v) is 11.2. The lowest BCUT2D eigenvalue weighted by atomic mass is 10.0. The first-order valence-corrected chi connectivity index (χ1v) is 6.08. The van der Waals surface area contributed by atoms with Gasteiger partial charge in [0, 0.05) is 16.8 Å². The molecule has 0 aliphatic rings. The first-order chi connectivity index (χ1) is 8.46. The Kier molecular flexibility index (Phi) is 4.79. The molecule has 2 N–H and O–H groups in total.